The van der Waals surface area contributed by atoms with Crippen LogP contribution in [0.1, 0.15) is 37.0 Å². The summed E-state index contributed by atoms with van der Waals surface area (Å²) in [5.74, 6) is -2.66. The van der Waals surface area contributed by atoms with Crippen molar-refractivity contribution in [2.75, 3.05) is 19.1 Å². The number of nitrogens with one attached hydrogen (secondary N) is 1. The zero-order valence-corrected chi connectivity index (χ0v) is 19.6. The molecule has 1 fully saturated rings. The van der Waals surface area contributed by atoms with Crippen molar-refractivity contribution in [3.05, 3.63) is 51.4 Å². The van der Waals surface area contributed by atoms with E-state index < -0.39 is 28.2 Å². The highest BCUT2D eigenvalue weighted by Crippen LogP contribution is 2.46. The Kier molecular flexibility index (Phi) is 5.56. The van der Waals surface area contributed by atoms with Crippen molar-refractivity contribution < 1.29 is 27.9 Å². The fourth-order valence-electron chi connectivity index (χ4n) is 4.25. The molecule has 0 bridgehead atoms. The van der Waals surface area contributed by atoms with Crippen molar-refractivity contribution >= 4 is 40.6 Å². The van der Waals surface area contributed by atoms with Crippen LogP contribution in [-0.4, -0.2) is 31.2 Å². The smallest absolute Gasteiger partial charge is 0.290 e. The van der Waals surface area contributed by atoms with Gasteiger partial charge in [-0.2, -0.15) is 0 Å². The standard InChI is InChI=1S/C24H22F2N2O4S/c1-11-6-14-16(28(4)18(29)10-24(14,2)3)9-13(11)19-20(26)12(7-15(25)21(19)32-5)8-17-22(30)27-23(31)33-17/h6-9H,10H2,1-5H3,(H,27,30,31)/b17-8+. The zero-order chi connectivity index (χ0) is 24.2. The first-order valence-electron chi connectivity index (χ1n) is 10.2. The largest absolute Gasteiger partial charge is 0.493 e. The van der Waals surface area contributed by atoms with Gasteiger partial charge in [-0.1, -0.05) is 19.9 Å². The number of carbonyl (C=O) groups excluding carboxylic acids is 3. The van der Waals surface area contributed by atoms with Crippen LogP contribution in [0.5, 0.6) is 5.75 Å². The molecule has 0 saturated carbocycles. The molecule has 4 rings (SSSR count). The molecule has 3 amide bonds. The number of hydrogen-bond acceptors (Lipinski definition) is 5. The number of carbonyl (C=O) groups is 3. The molecule has 2 aromatic carbocycles. The van der Waals surface area contributed by atoms with Gasteiger partial charge in [0.15, 0.2) is 11.6 Å². The number of aryl methyl sites for hydroxylation is 1. The number of ether oxygens (including phenoxy) is 1. The van der Waals surface area contributed by atoms with Crippen LogP contribution in [0.25, 0.3) is 17.2 Å². The Morgan fingerprint density at radius 3 is 2.48 bits per heavy atom. The number of nitrogens with zero attached hydrogens (tertiary/aromatic N) is 1. The van der Waals surface area contributed by atoms with Gasteiger partial charge in [0.1, 0.15) is 5.82 Å². The van der Waals surface area contributed by atoms with Crippen LogP contribution in [0.2, 0.25) is 0 Å². The Morgan fingerprint density at radius 1 is 1.18 bits per heavy atom. The van der Waals surface area contributed by atoms with Crippen LogP contribution < -0.4 is 15.0 Å². The molecule has 0 radical (unpaired) electrons. The third-order valence-electron chi connectivity index (χ3n) is 6.00. The Balaban J connectivity index is 1.97. The van der Waals surface area contributed by atoms with Gasteiger partial charge in [0.2, 0.25) is 5.91 Å². The number of methoxy groups -OCH3 is 1. The molecule has 2 aromatic rings. The summed E-state index contributed by atoms with van der Waals surface area (Å²) in [6, 6.07) is 4.48. The normalized spacial score (nSPS) is 18.6. The molecule has 1 saturated heterocycles. The second kappa shape index (κ2) is 7.98. The molecule has 9 heteroatoms. The summed E-state index contributed by atoms with van der Waals surface area (Å²) in [4.78, 5) is 37.4. The topological polar surface area (TPSA) is 75.7 Å². The number of thioether (sulfide) groups is 1. The van der Waals surface area contributed by atoms with Crippen LogP contribution in [0, 0.1) is 18.6 Å². The van der Waals surface area contributed by atoms with E-state index in [2.05, 4.69) is 5.32 Å². The Bertz CT molecular complexity index is 1270. The van der Waals surface area contributed by atoms with Gasteiger partial charge in [-0.05, 0) is 53.6 Å². The lowest BCUT2D eigenvalue weighted by Gasteiger charge is -2.37. The van der Waals surface area contributed by atoms with Gasteiger partial charge in [-0.15, -0.1) is 0 Å². The highest BCUT2D eigenvalue weighted by Gasteiger charge is 2.36. The molecule has 0 spiro atoms. The van der Waals surface area contributed by atoms with Gasteiger partial charge in [0.25, 0.3) is 11.1 Å². The van der Waals surface area contributed by atoms with E-state index in [1.54, 1.807) is 20.0 Å². The molecule has 0 unspecified atom stereocenters. The van der Waals surface area contributed by atoms with Crippen molar-refractivity contribution in [3.63, 3.8) is 0 Å². The quantitative estimate of drug-likeness (QED) is 0.642. The molecular weight excluding hydrogens is 450 g/mol. The Morgan fingerprint density at radius 2 is 1.88 bits per heavy atom. The molecule has 0 aromatic heterocycles. The molecule has 2 aliphatic rings. The monoisotopic (exact) mass is 472 g/mol. The maximum absolute atomic E-state index is 15.8. The highest BCUT2D eigenvalue weighted by molar-refractivity contribution is 8.18. The lowest BCUT2D eigenvalue weighted by Crippen LogP contribution is -2.39. The minimum absolute atomic E-state index is 0.0383. The SMILES string of the molecule is COc1c(F)cc(/C=C2/SC(=O)NC2=O)c(F)c1-c1cc2c(cc1C)C(C)(C)CC(=O)N2C. The molecule has 0 atom stereocenters. The molecule has 2 heterocycles. The molecule has 2 aliphatic heterocycles. The van der Waals surface area contributed by atoms with E-state index in [1.165, 1.54) is 12.0 Å². The van der Waals surface area contributed by atoms with Crippen LogP contribution in [-0.2, 0) is 15.0 Å². The van der Waals surface area contributed by atoms with Crippen molar-refractivity contribution in [3.8, 4) is 16.9 Å². The van der Waals surface area contributed by atoms with Crippen molar-refractivity contribution in [1.29, 1.82) is 0 Å². The van der Waals surface area contributed by atoms with Crippen molar-refractivity contribution in [2.24, 2.45) is 0 Å². The number of rotatable bonds is 3. The summed E-state index contributed by atoms with van der Waals surface area (Å²) in [6.45, 7) is 5.72. The number of imide groups is 1. The first kappa shape index (κ1) is 23.0. The first-order chi connectivity index (χ1) is 15.4. The summed E-state index contributed by atoms with van der Waals surface area (Å²) in [5.41, 5.74) is 1.84. The summed E-state index contributed by atoms with van der Waals surface area (Å²) in [6.07, 6.45) is 1.47. The second-order valence-electron chi connectivity index (χ2n) is 8.72. The van der Waals surface area contributed by atoms with E-state index in [0.717, 1.165) is 17.7 Å². The lowest BCUT2D eigenvalue weighted by molar-refractivity contribution is -0.119. The Labute approximate surface area is 194 Å². The third kappa shape index (κ3) is 3.80. The van der Waals surface area contributed by atoms with Gasteiger partial charge in [-0.25, -0.2) is 8.78 Å². The van der Waals surface area contributed by atoms with E-state index in [9.17, 15) is 18.8 Å². The maximum Gasteiger partial charge on any atom is 0.290 e. The fourth-order valence-corrected chi connectivity index (χ4v) is 4.92. The van der Waals surface area contributed by atoms with Gasteiger partial charge >= 0.3 is 0 Å². The highest BCUT2D eigenvalue weighted by atomic mass is 32.2. The average Bonchev–Trinajstić information content (AvgIpc) is 3.05. The van der Waals surface area contributed by atoms with E-state index >= 15 is 4.39 Å². The molecule has 1 N–H and O–H groups in total. The molecule has 0 aliphatic carbocycles. The first-order valence-corrected chi connectivity index (χ1v) is 11.0. The summed E-state index contributed by atoms with van der Waals surface area (Å²) in [7, 11) is 2.89. The number of benzene rings is 2. The van der Waals surface area contributed by atoms with Crippen molar-refractivity contribution in [2.45, 2.75) is 32.6 Å². The predicted molar refractivity (Wildman–Crippen MR) is 123 cm³/mol. The van der Waals surface area contributed by atoms with Crippen LogP contribution in [0.15, 0.2) is 23.1 Å². The number of anilines is 1. The summed E-state index contributed by atoms with van der Waals surface area (Å²) < 4.78 is 36.0. The number of fused-ring (bicyclic) bond motifs is 1. The summed E-state index contributed by atoms with van der Waals surface area (Å²) in [5, 5.41) is 1.51. The molecule has 172 valence electrons. The van der Waals surface area contributed by atoms with E-state index in [4.69, 9.17) is 4.74 Å². The van der Waals surface area contributed by atoms with Gasteiger partial charge < -0.3 is 9.64 Å². The van der Waals surface area contributed by atoms with Crippen LogP contribution >= 0.6 is 11.8 Å². The summed E-state index contributed by atoms with van der Waals surface area (Å²) >= 11 is 0.614. The molecule has 6 nitrogen and oxygen atoms in total. The number of amides is 3. The van der Waals surface area contributed by atoms with Crippen molar-refractivity contribution in [1.82, 2.24) is 5.32 Å². The van der Waals surface area contributed by atoms with Gasteiger partial charge in [-0.3, -0.25) is 19.7 Å². The lowest BCUT2D eigenvalue weighted by atomic mass is 9.76. The van der Waals surface area contributed by atoms with Crippen LogP contribution in [0.4, 0.5) is 19.3 Å². The minimum Gasteiger partial charge on any atom is -0.493 e. The molecule has 33 heavy (non-hydrogen) atoms. The molecular formula is C24H22F2N2O4S. The number of hydrogen-bond donors (Lipinski definition) is 1. The predicted octanol–water partition coefficient (Wildman–Crippen LogP) is 4.92. The minimum atomic E-state index is -0.822. The van der Waals surface area contributed by atoms with E-state index in [-0.39, 0.29) is 27.7 Å². The second-order valence-corrected chi connectivity index (χ2v) is 9.73. The third-order valence-corrected chi connectivity index (χ3v) is 6.81. The zero-order valence-electron chi connectivity index (χ0n) is 18.8. The van der Waals surface area contributed by atoms with E-state index in [1.807, 2.05) is 19.9 Å². The van der Waals surface area contributed by atoms with Gasteiger partial charge in [0, 0.05) is 30.1 Å². The van der Waals surface area contributed by atoms with E-state index in [0.29, 0.717) is 35.0 Å². The number of halogens is 2. The maximum atomic E-state index is 15.8. The van der Waals surface area contributed by atoms with Crippen LogP contribution in [0.3, 0.4) is 0 Å². The Hall–Kier alpha value is -3.20. The average molecular weight is 473 g/mol. The van der Waals surface area contributed by atoms with Gasteiger partial charge in [0.05, 0.1) is 17.6 Å². The fraction of sp³-hybridized carbons (Fsp3) is 0.292.